The van der Waals surface area contributed by atoms with Crippen LogP contribution in [-0.4, -0.2) is 52.7 Å². The number of carbonyl (C=O) groups is 1. The van der Waals surface area contributed by atoms with E-state index in [2.05, 4.69) is 0 Å². The van der Waals surface area contributed by atoms with E-state index < -0.39 is 16.0 Å². The van der Waals surface area contributed by atoms with Crippen LogP contribution < -0.4 is 0 Å². The van der Waals surface area contributed by atoms with Gasteiger partial charge in [-0.2, -0.15) is 4.31 Å². The summed E-state index contributed by atoms with van der Waals surface area (Å²) in [4.78, 5) is 11.1. The lowest BCUT2D eigenvalue weighted by Gasteiger charge is -2.19. The van der Waals surface area contributed by atoms with Crippen LogP contribution in [0.5, 0.6) is 0 Å². The molecule has 1 fully saturated rings. The molecule has 112 valence electrons. The number of aryl methyl sites for hydroxylation is 1. The Hall–Kier alpha value is -1.38. The largest absolute Gasteiger partial charge is 0.477 e. The third kappa shape index (κ3) is 2.72. The van der Waals surface area contributed by atoms with E-state index in [-0.39, 0.29) is 29.8 Å². The second-order valence-corrected chi connectivity index (χ2v) is 6.61. The first-order valence-electron chi connectivity index (χ1n) is 6.48. The first kappa shape index (κ1) is 15.0. The van der Waals surface area contributed by atoms with Crippen molar-refractivity contribution in [3.8, 4) is 0 Å². The smallest absolute Gasteiger partial charge is 0.352 e. The van der Waals surface area contributed by atoms with Crippen LogP contribution in [0.25, 0.3) is 0 Å². The third-order valence-corrected chi connectivity index (χ3v) is 5.23. The van der Waals surface area contributed by atoms with Crippen LogP contribution in [0.4, 0.5) is 0 Å². The maximum Gasteiger partial charge on any atom is 0.352 e. The van der Waals surface area contributed by atoms with Crippen molar-refractivity contribution in [1.29, 1.82) is 0 Å². The SMILES string of the molecule is CCn1cc(S(=O)(=O)N(CCO)C2CC2)cc1C(=O)O. The van der Waals surface area contributed by atoms with Gasteiger partial charge in [-0.05, 0) is 25.8 Å². The minimum Gasteiger partial charge on any atom is -0.477 e. The Morgan fingerprint density at radius 3 is 2.55 bits per heavy atom. The molecule has 0 radical (unpaired) electrons. The van der Waals surface area contributed by atoms with Gasteiger partial charge in [0.1, 0.15) is 10.6 Å². The monoisotopic (exact) mass is 302 g/mol. The summed E-state index contributed by atoms with van der Waals surface area (Å²) in [7, 11) is -3.76. The molecule has 20 heavy (non-hydrogen) atoms. The molecule has 0 amide bonds. The van der Waals surface area contributed by atoms with E-state index in [4.69, 9.17) is 10.2 Å². The number of sulfonamides is 1. The van der Waals surface area contributed by atoms with E-state index >= 15 is 0 Å². The molecule has 0 aliphatic heterocycles. The zero-order valence-corrected chi connectivity index (χ0v) is 12.0. The molecule has 1 heterocycles. The van der Waals surface area contributed by atoms with Crippen molar-refractivity contribution in [3.63, 3.8) is 0 Å². The number of nitrogens with zero attached hydrogens (tertiary/aromatic N) is 2. The highest BCUT2D eigenvalue weighted by Crippen LogP contribution is 2.32. The maximum absolute atomic E-state index is 12.5. The number of carboxylic acids is 1. The highest BCUT2D eigenvalue weighted by atomic mass is 32.2. The highest BCUT2D eigenvalue weighted by molar-refractivity contribution is 7.89. The quantitative estimate of drug-likeness (QED) is 0.757. The summed E-state index contributed by atoms with van der Waals surface area (Å²) >= 11 is 0. The van der Waals surface area contributed by atoms with Crippen LogP contribution >= 0.6 is 0 Å². The Kier molecular flexibility index (Phi) is 4.17. The number of aliphatic hydroxyl groups is 1. The van der Waals surface area contributed by atoms with Crippen molar-refractivity contribution in [1.82, 2.24) is 8.87 Å². The normalized spacial score (nSPS) is 15.8. The number of hydrogen-bond acceptors (Lipinski definition) is 4. The predicted octanol–water partition coefficient (Wildman–Crippen LogP) is 0.352. The van der Waals surface area contributed by atoms with Crippen molar-refractivity contribution in [2.24, 2.45) is 0 Å². The van der Waals surface area contributed by atoms with Crippen molar-refractivity contribution in [2.45, 2.75) is 37.2 Å². The van der Waals surface area contributed by atoms with Crippen LogP contribution in [0, 0.1) is 0 Å². The van der Waals surface area contributed by atoms with Crippen molar-refractivity contribution >= 4 is 16.0 Å². The first-order valence-corrected chi connectivity index (χ1v) is 7.92. The minimum atomic E-state index is -3.76. The molecule has 1 aromatic rings. The molecular formula is C12H18N2O5S. The molecule has 0 saturated heterocycles. The lowest BCUT2D eigenvalue weighted by atomic mass is 10.4. The van der Waals surface area contributed by atoms with E-state index in [1.54, 1.807) is 6.92 Å². The molecule has 0 bridgehead atoms. The fraction of sp³-hybridized carbons (Fsp3) is 0.583. The number of rotatable bonds is 7. The molecule has 7 nitrogen and oxygen atoms in total. The molecule has 0 unspecified atom stereocenters. The van der Waals surface area contributed by atoms with Gasteiger partial charge in [0.25, 0.3) is 0 Å². The lowest BCUT2D eigenvalue weighted by Crippen LogP contribution is -2.35. The van der Waals surface area contributed by atoms with E-state index in [0.29, 0.717) is 6.54 Å². The number of carboxylic acid groups (broad SMARTS) is 1. The maximum atomic E-state index is 12.5. The fourth-order valence-electron chi connectivity index (χ4n) is 2.16. The minimum absolute atomic E-state index is 0.0305. The van der Waals surface area contributed by atoms with Gasteiger partial charge < -0.3 is 14.8 Å². The Bertz CT molecular complexity index is 603. The second kappa shape index (κ2) is 5.55. The zero-order valence-electron chi connectivity index (χ0n) is 11.2. The molecule has 1 aliphatic rings. The molecule has 1 aliphatic carbocycles. The topological polar surface area (TPSA) is 99.8 Å². The van der Waals surface area contributed by atoms with Gasteiger partial charge in [-0.3, -0.25) is 0 Å². The van der Waals surface area contributed by atoms with Gasteiger partial charge in [0.2, 0.25) is 10.0 Å². The highest BCUT2D eigenvalue weighted by Gasteiger charge is 2.38. The summed E-state index contributed by atoms with van der Waals surface area (Å²) in [5.41, 5.74) is -0.0502. The second-order valence-electron chi connectivity index (χ2n) is 4.72. The Morgan fingerprint density at radius 2 is 2.15 bits per heavy atom. The van der Waals surface area contributed by atoms with E-state index in [0.717, 1.165) is 12.8 Å². The molecule has 1 aromatic heterocycles. The molecular weight excluding hydrogens is 284 g/mol. The van der Waals surface area contributed by atoms with Crippen molar-refractivity contribution in [3.05, 3.63) is 18.0 Å². The Labute approximate surface area is 117 Å². The van der Waals surface area contributed by atoms with E-state index in [1.807, 2.05) is 0 Å². The average Bonchev–Trinajstić information content (AvgIpc) is 3.11. The molecule has 8 heteroatoms. The number of aromatic carboxylic acids is 1. The summed E-state index contributed by atoms with van der Waals surface area (Å²) < 4.78 is 27.7. The van der Waals surface area contributed by atoms with E-state index in [9.17, 15) is 13.2 Å². The zero-order chi connectivity index (χ0) is 14.9. The van der Waals surface area contributed by atoms with Gasteiger partial charge in [0, 0.05) is 25.3 Å². The molecule has 2 N–H and O–H groups in total. The van der Waals surface area contributed by atoms with Crippen molar-refractivity contribution < 1.29 is 23.4 Å². The van der Waals surface area contributed by atoms with Gasteiger partial charge in [-0.1, -0.05) is 0 Å². The molecule has 0 atom stereocenters. The van der Waals surface area contributed by atoms with Crippen LogP contribution in [0.2, 0.25) is 0 Å². The summed E-state index contributed by atoms with van der Waals surface area (Å²) in [6.07, 6.45) is 2.89. The standard InChI is InChI=1S/C12H18N2O5S/c1-2-13-8-10(7-11(13)12(16)17)20(18,19)14(5-6-15)9-3-4-9/h7-9,15H,2-6H2,1H3,(H,16,17). The summed E-state index contributed by atoms with van der Waals surface area (Å²) in [6.45, 7) is 1.90. The molecule has 0 aromatic carbocycles. The fourth-order valence-corrected chi connectivity index (χ4v) is 3.88. The predicted molar refractivity (Wildman–Crippen MR) is 71.1 cm³/mol. The number of aliphatic hydroxyl groups excluding tert-OH is 1. The van der Waals surface area contributed by atoms with Crippen LogP contribution in [0.1, 0.15) is 30.3 Å². The summed E-state index contributed by atoms with van der Waals surface area (Å²) in [6, 6.07) is 1.10. The van der Waals surface area contributed by atoms with Gasteiger partial charge in [-0.15, -0.1) is 0 Å². The van der Waals surface area contributed by atoms with Gasteiger partial charge in [0.15, 0.2) is 0 Å². The summed E-state index contributed by atoms with van der Waals surface area (Å²) in [5.74, 6) is -1.16. The molecule has 1 saturated carbocycles. The Morgan fingerprint density at radius 1 is 1.50 bits per heavy atom. The number of aromatic nitrogens is 1. The van der Waals surface area contributed by atoms with Gasteiger partial charge >= 0.3 is 5.97 Å². The van der Waals surface area contributed by atoms with Crippen LogP contribution in [-0.2, 0) is 16.6 Å². The third-order valence-electron chi connectivity index (χ3n) is 3.31. The van der Waals surface area contributed by atoms with Gasteiger partial charge in [-0.25, -0.2) is 13.2 Å². The lowest BCUT2D eigenvalue weighted by molar-refractivity contribution is 0.0685. The van der Waals surface area contributed by atoms with Crippen LogP contribution in [0.15, 0.2) is 17.2 Å². The molecule has 0 spiro atoms. The Balaban J connectivity index is 2.40. The summed E-state index contributed by atoms with van der Waals surface area (Å²) in [5, 5.41) is 18.1. The van der Waals surface area contributed by atoms with E-state index in [1.165, 1.54) is 21.1 Å². The first-order chi connectivity index (χ1) is 9.41. The van der Waals surface area contributed by atoms with Gasteiger partial charge in [0.05, 0.1) is 6.61 Å². The van der Waals surface area contributed by atoms with Crippen molar-refractivity contribution in [2.75, 3.05) is 13.2 Å². The average molecular weight is 302 g/mol. The molecule has 2 rings (SSSR count). The van der Waals surface area contributed by atoms with Crippen LogP contribution in [0.3, 0.4) is 0 Å². The number of hydrogen-bond donors (Lipinski definition) is 2.